The molecule has 0 N–H and O–H groups in total. The van der Waals surface area contributed by atoms with Gasteiger partial charge in [-0.05, 0) is 38.5 Å². The van der Waals surface area contributed by atoms with Crippen LogP contribution in [0.2, 0.25) is 0 Å². The topological polar surface area (TPSA) is 0 Å². The molecule has 1 aliphatic rings. The summed E-state index contributed by atoms with van der Waals surface area (Å²) in [4.78, 5) is 0. The highest BCUT2D eigenvalue weighted by Gasteiger charge is 2.13. The molecule has 0 aromatic carbocycles. The first kappa shape index (κ1) is 10.8. The number of hydrogen-bond donors (Lipinski definition) is 0. The molecule has 0 nitrogen and oxygen atoms in total. The lowest BCUT2D eigenvalue weighted by molar-refractivity contribution is 0.610. The molecule has 1 rings (SSSR count). The van der Waals surface area contributed by atoms with Gasteiger partial charge in [-0.1, -0.05) is 44.3 Å². The summed E-state index contributed by atoms with van der Waals surface area (Å²) in [7, 11) is 0. The fraction of sp³-hybridized carbons (Fsp3) is 0.846. The van der Waals surface area contributed by atoms with E-state index < -0.39 is 0 Å². The molecule has 0 saturated heterocycles. The Morgan fingerprint density at radius 2 is 1.77 bits per heavy atom. The van der Waals surface area contributed by atoms with E-state index in [1.165, 1.54) is 57.8 Å². The summed E-state index contributed by atoms with van der Waals surface area (Å²) >= 11 is 0. The molecule has 0 amide bonds. The minimum absolute atomic E-state index is 1.34. The fourth-order valence-electron chi connectivity index (χ4n) is 2.08. The maximum absolute atomic E-state index is 2.30. The lowest BCUT2D eigenvalue weighted by Crippen LogP contribution is -2.02. The van der Waals surface area contributed by atoms with E-state index in [2.05, 4.69) is 13.8 Å². The van der Waals surface area contributed by atoms with Crippen LogP contribution in [0.15, 0.2) is 11.1 Å². The van der Waals surface area contributed by atoms with Crippen LogP contribution in [0.5, 0.6) is 0 Å². The molecule has 0 atom stereocenters. The van der Waals surface area contributed by atoms with Crippen molar-refractivity contribution < 1.29 is 0 Å². The summed E-state index contributed by atoms with van der Waals surface area (Å²) < 4.78 is 0. The van der Waals surface area contributed by atoms with Crippen molar-refractivity contribution in [2.24, 2.45) is 0 Å². The Morgan fingerprint density at radius 3 is 2.23 bits per heavy atom. The second-order valence-corrected chi connectivity index (χ2v) is 4.27. The van der Waals surface area contributed by atoms with E-state index in [9.17, 15) is 0 Å². The van der Waals surface area contributed by atoms with E-state index in [1.54, 1.807) is 0 Å². The zero-order chi connectivity index (χ0) is 9.52. The Labute approximate surface area is 83.4 Å². The molecule has 0 aliphatic heterocycles. The lowest BCUT2D eigenvalue weighted by Gasteiger charge is -2.22. The van der Waals surface area contributed by atoms with E-state index in [0.29, 0.717) is 0 Å². The highest BCUT2D eigenvalue weighted by atomic mass is 14.2. The number of rotatable bonds is 6. The first-order chi connectivity index (χ1) is 6.38. The van der Waals surface area contributed by atoms with Crippen LogP contribution in [-0.4, -0.2) is 0 Å². The molecular weight excluding hydrogens is 156 g/mol. The zero-order valence-corrected chi connectivity index (χ0v) is 9.36. The number of allylic oxidation sites excluding steroid dienone is 2. The molecule has 0 aromatic rings. The van der Waals surface area contributed by atoms with Gasteiger partial charge in [0.1, 0.15) is 0 Å². The van der Waals surface area contributed by atoms with Gasteiger partial charge in [0.25, 0.3) is 0 Å². The van der Waals surface area contributed by atoms with Crippen LogP contribution in [0.3, 0.4) is 0 Å². The maximum Gasteiger partial charge on any atom is -0.0315 e. The van der Waals surface area contributed by atoms with Crippen molar-refractivity contribution >= 4 is 0 Å². The summed E-state index contributed by atoms with van der Waals surface area (Å²) in [5, 5.41) is 0. The Hall–Kier alpha value is -0.260. The van der Waals surface area contributed by atoms with Gasteiger partial charge in [-0.25, -0.2) is 0 Å². The summed E-state index contributed by atoms with van der Waals surface area (Å²) in [6.07, 6.45) is 12.6. The molecule has 0 radical (unpaired) electrons. The van der Waals surface area contributed by atoms with E-state index in [0.717, 1.165) is 0 Å². The van der Waals surface area contributed by atoms with Crippen molar-refractivity contribution in [1.29, 1.82) is 0 Å². The van der Waals surface area contributed by atoms with Crippen LogP contribution in [-0.2, 0) is 0 Å². The van der Waals surface area contributed by atoms with E-state index in [4.69, 9.17) is 0 Å². The third kappa shape index (κ3) is 3.54. The number of unbranched alkanes of at least 4 members (excludes halogenated alkanes) is 2. The molecule has 1 aliphatic carbocycles. The van der Waals surface area contributed by atoms with Crippen molar-refractivity contribution in [3.05, 3.63) is 11.1 Å². The van der Waals surface area contributed by atoms with Crippen LogP contribution in [0.25, 0.3) is 0 Å². The molecule has 13 heavy (non-hydrogen) atoms. The van der Waals surface area contributed by atoms with Crippen LogP contribution >= 0.6 is 0 Å². The second-order valence-electron chi connectivity index (χ2n) is 4.27. The summed E-state index contributed by atoms with van der Waals surface area (Å²) in [6.45, 7) is 4.59. The van der Waals surface area contributed by atoms with Gasteiger partial charge in [0.2, 0.25) is 0 Å². The van der Waals surface area contributed by atoms with Gasteiger partial charge in [0.05, 0.1) is 0 Å². The molecule has 0 heteroatoms. The molecule has 1 fully saturated rings. The summed E-state index contributed by atoms with van der Waals surface area (Å²) in [5.41, 5.74) is 3.64. The molecule has 0 bridgehead atoms. The van der Waals surface area contributed by atoms with Crippen molar-refractivity contribution in [2.75, 3.05) is 0 Å². The van der Waals surface area contributed by atoms with Gasteiger partial charge in [0.15, 0.2) is 0 Å². The van der Waals surface area contributed by atoms with Gasteiger partial charge in [0, 0.05) is 0 Å². The Kier molecular flexibility index (Phi) is 5.19. The van der Waals surface area contributed by atoms with Crippen LogP contribution in [0, 0.1) is 0 Å². The fourth-order valence-corrected chi connectivity index (χ4v) is 2.08. The van der Waals surface area contributed by atoms with Crippen LogP contribution in [0.4, 0.5) is 0 Å². The average Bonchev–Trinajstić information content (AvgIpc) is 2.02. The van der Waals surface area contributed by atoms with Crippen LogP contribution in [0.1, 0.15) is 71.6 Å². The molecule has 0 aromatic heterocycles. The lowest BCUT2D eigenvalue weighted by atomic mass is 9.84. The standard InChI is InChI=1S/C13H24/c1-3-5-6-9-12(8-4-2)13-10-7-11-13/h3-11H2,1-2H3. The monoisotopic (exact) mass is 180 g/mol. The Bertz CT molecular complexity index is 159. The van der Waals surface area contributed by atoms with Gasteiger partial charge in [-0.2, -0.15) is 0 Å². The maximum atomic E-state index is 2.30. The molecule has 1 saturated carbocycles. The van der Waals surface area contributed by atoms with Crippen molar-refractivity contribution in [1.82, 2.24) is 0 Å². The zero-order valence-electron chi connectivity index (χ0n) is 9.36. The smallest absolute Gasteiger partial charge is 0.0315 e. The molecule has 0 spiro atoms. The van der Waals surface area contributed by atoms with Gasteiger partial charge >= 0.3 is 0 Å². The van der Waals surface area contributed by atoms with E-state index in [1.807, 2.05) is 11.1 Å². The minimum atomic E-state index is 1.34. The normalized spacial score (nSPS) is 15.7. The minimum Gasteiger partial charge on any atom is -0.0710 e. The van der Waals surface area contributed by atoms with Crippen molar-refractivity contribution in [2.45, 2.75) is 71.6 Å². The van der Waals surface area contributed by atoms with Crippen LogP contribution < -0.4 is 0 Å². The quantitative estimate of drug-likeness (QED) is 0.405. The van der Waals surface area contributed by atoms with Crippen molar-refractivity contribution in [3.63, 3.8) is 0 Å². The SMILES string of the molecule is CCCCCC(CCC)=C1CCC1. The number of hydrogen-bond acceptors (Lipinski definition) is 0. The highest BCUT2D eigenvalue weighted by Crippen LogP contribution is 2.32. The third-order valence-corrected chi connectivity index (χ3v) is 3.09. The second kappa shape index (κ2) is 6.23. The third-order valence-electron chi connectivity index (χ3n) is 3.09. The Morgan fingerprint density at radius 1 is 1.00 bits per heavy atom. The van der Waals surface area contributed by atoms with Gasteiger partial charge in [-0.3, -0.25) is 0 Å². The van der Waals surface area contributed by atoms with Gasteiger partial charge < -0.3 is 0 Å². The predicted molar refractivity (Wildman–Crippen MR) is 59.9 cm³/mol. The average molecular weight is 180 g/mol. The first-order valence-corrected chi connectivity index (χ1v) is 6.08. The molecule has 0 heterocycles. The Balaban J connectivity index is 2.29. The van der Waals surface area contributed by atoms with E-state index in [-0.39, 0.29) is 0 Å². The largest absolute Gasteiger partial charge is 0.0710 e. The summed E-state index contributed by atoms with van der Waals surface area (Å²) in [6, 6.07) is 0. The van der Waals surface area contributed by atoms with Gasteiger partial charge in [-0.15, -0.1) is 0 Å². The molecule has 76 valence electrons. The first-order valence-electron chi connectivity index (χ1n) is 6.08. The van der Waals surface area contributed by atoms with Crippen molar-refractivity contribution in [3.8, 4) is 0 Å². The molecule has 0 unspecified atom stereocenters. The predicted octanol–water partition coefficient (Wildman–Crippen LogP) is 4.85. The molecular formula is C13H24. The summed E-state index contributed by atoms with van der Waals surface area (Å²) in [5.74, 6) is 0. The highest BCUT2D eigenvalue weighted by molar-refractivity contribution is 5.19. The van der Waals surface area contributed by atoms with E-state index >= 15 is 0 Å².